The molecule has 0 aliphatic heterocycles. The first kappa shape index (κ1) is 12.8. The van der Waals surface area contributed by atoms with Crippen molar-refractivity contribution in [2.45, 2.75) is 19.4 Å². The molecule has 1 aromatic heterocycles. The zero-order valence-corrected chi connectivity index (χ0v) is 11.6. The second kappa shape index (κ2) is 5.43. The summed E-state index contributed by atoms with van der Waals surface area (Å²) >= 11 is 0. The van der Waals surface area contributed by atoms with E-state index in [1.54, 1.807) is 0 Å². The highest BCUT2D eigenvalue weighted by molar-refractivity contribution is 5.82. The molecule has 2 nitrogen and oxygen atoms in total. The van der Waals surface area contributed by atoms with Gasteiger partial charge in [0.2, 0.25) is 0 Å². The van der Waals surface area contributed by atoms with E-state index in [1.165, 1.54) is 11.1 Å². The van der Waals surface area contributed by atoms with Gasteiger partial charge in [0, 0.05) is 17.6 Å². The molecule has 0 aliphatic carbocycles. The number of fused-ring (bicyclic) bond motifs is 1. The van der Waals surface area contributed by atoms with Gasteiger partial charge in [0.05, 0.1) is 5.52 Å². The average Bonchev–Trinajstić information content (AvgIpc) is 2.46. The molecule has 2 aromatic carbocycles. The fourth-order valence-electron chi connectivity index (χ4n) is 2.63. The van der Waals surface area contributed by atoms with Crippen molar-refractivity contribution in [3.63, 3.8) is 0 Å². The Morgan fingerprint density at radius 1 is 1.05 bits per heavy atom. The van der Waals surface area contributed by atoms with E-state index in [0.717, 1.165) is 22.9 Å². The van der Waals surface area contributed by atoms with Crippen LogP contribution in [0.1, 0.15) is 22.7 Å². The molecule has 1 atom stereocenters. The highest BCUT2D eigenvalue weighted by Crippen LogP contribution is 2.23. The molecule has 3 rings (SSSR count). The van der Waals surface area contributed by atoms with Crippen molar-refractivity contribution in [1.82, 2.24) is 4.98 Å². The minimum absolute atomic E-state index is 0.0320. The Morgan fingerprint density at radius 3 is 2.70 bits per heavy atom. The molecule has 100 valence electrons. The topological polar surface area (TPSA) is 38.9 Å². The SMILES string of the molecule is Cc1cccc(CC(N)c2cccc3cccnc23)c1. The Kier molecular flexibility index (Phi) is 3.48. The molecule has 1 unspecified atom stereocenters. The van der Waals surface area contributed by atoms with E-state index in [2.05, 4.69) is 60.4 Å². The quantitative estimate of drug-likeness (QED) is 0.780. The van der Waals surface area contributed by atoms with Gasteiger partial charge in [-0.15, -0.1) is 0 Å². The van der Waals surface area contributed by atoms with Gasteiger partial charge in [-0.05, 0) is 30.5 Å². The molecule has 0 amide bonds. The summed E-state index contributed by atoms with van der Waals surface area (Å²) in [5.41, 5.74) is 11.1. The van der Waals surface area contributed by atoms with Crippen LogP contribution in [0.5, 0.6) is 0 Å². The fourth-order valence-corrected chi connectivity index (χ4v) is 2.63. The van der Waals surface area contributed by atoms with Gasteiger partial charge in [0.25, 0.3) is 0 Å². The lowest BCUT2D eigenvalue weighted by molar-refractivity contribution is 0.726. The number of pyridine rings is 1. The van der Waals surface area contributed by atoms with Gasteiger partial charge in [0.1, 0.15) is 0 Å². The Morgan fingerprint density at radius 2 is 1.85 bits per heavy atom. The summed E-state index contributed by atoms with van der Waals surface area (Å²) in [6, 6.07) is 18.7. The van der Waals surface area contributed by atoms with Gasteiger partial charge >= 0.3 is 0 Å². The number of nitrogens with zero attached hydrogens (tertiary/aromatic N) is 1. The molecule has 2 heteroatoms. The first-order chi connectivity index (χ1) is 9.74. The molecule has 20 heavy (non-hydrogen) atoms. The molecule has 0 spiro atoms. The summed E-state index contributed by atoms with van der Waals surface area (Å²) in [5.74, 6) is 0. The molecule has 0 saturated carbocycles. The molecule has 0 bridgehead atoms. The molecule has 2 N–H and O–H groups in total. The van der Waals surface area contributed by atoms with Crippen molar-refractivity contribution < 1.29 is 0 Å². The van der Waals surface area contributed by atoms with Gasteiger partial charge in [-0.3, -0.25) is 4.98 Å². The summed E-state index contributed by atoms with van der Waals surface area (Å²) in [7, 11) is 0. The average molecular weight is 262 g/mol. The van der Waals surface area contributed by atoms with Crippen molar-refractivity contribution in [3.8, 4) is 0 Å². The number of para-hydroxylation sites is 1. The molecule has 0 aliphatic rings. The van der Waals surface area contributed by atoms with Crippen LogP contribution in [0.3, 0.4) is 0 Å². The Balaban J connectivity index is 1.94. The molecular weight excluding hydrogens is 244 g/mol. The van der Waals surface area contributed by atoms with E-state index in [1.807, 2.05) is 12.3 Å². The Bertz CT molecular complexity index is 729. The lowest BCUT2D eigenvalue weighted by Crippen LogP contribution is -2.14. The van der Waals surface area contributed by atoms with Crippen LogP contribution in [0, 0.1) is 6.92 Å². The van der Waals surface area contributed by atoms with E-state index in [4.69, 9.17) is 5.73 Å². The Labute approximate surface area is 119 Å². The molecule has 0 fully saturated rings. The van der Waals surface area contributed by atoms with Crippen LogP contribution in [0.25, 0.3) is 10.9 Å². The van der Waals surface area contributed by atoms with Crippen LogP contribution in [-0.4, -0.2) is 4.98 Å². The first-order valence-corrected chi connectivity index (χ1v) is 6.89. The summed E-state index contributed by atoms with van der Waals surface area (Å²) in [5, 5.41) is 1.14. The van der Waals surface area contributed by atoms with Gasteiger partial charge in [0.15, 0.2) is 0 Å². The van der Waals surface area contributed by atoms with Gasteiger partial charge in [-0.25, -0.2) is 0 Å². The zero-order valence-electron chi connectivity index (χ0n) is 11.6. The standard InChI is InChI=1S/C18H18N2/c1-13-5-2-6-14(11-13)12-17(19)16-9-3-7-15-8-4-10-20-18(15)16/h2-11,17H,12,19H2,1H3. The van der Waals surface area contributed by atoms with Crippen LogP contribution in [0.4, 0.5) is 0 Å². The van der Waals surface area contributed by atoms with Gasteiger partial charge < -0.3 is 5.73 Å². The number of aromatic nitrogens is 1. The highest BCUT2D eigenvalue weighted by atomic mass is 14.7. The lowest BCUT2D eigenvalue weighted by atomic mass is 9.96. The smallest absolute Gasteiger partial charge is 0.0749 e. The number of benzene rings is 2. The Hall–Kier alpha value is -2.19. The number of hydrogen-bond acceptors (Lipinski definition) is 2. The molecule has 3 aromatic rings. The second-order valence-corrected chi connectivity index (χ2v) is 5.22. The van der Waals surface area contributed by atoms with Crippen molar-refractivity contribution in [3.05, 3.63) is 77.5 Å². The van der Waals surface area contributed by atoms with Crippen molar-refractivity contribution in [2.24, 2.45) is 5.73 Å². The monoisotopic (exact) mass is 262 g/mol. The van der Waals surface area contributed by atoms with Crippen LogP contribution in [0.15, 0.2) is 60.8 Å². The maximum absolute atomic E-state index is 6.40. The van der Waals surface area contributed by atoms with Crippen LogP contribution in [-0.2, 0) is 6.42 Å². The van der Waals surface area contributed by atoms with Crippen LogP contribution >= 0.6 is 0 Å². The van der Waals surface area contributed by atoms with E-state index in [0.29, 0.717) is 0 Å². The second-order valence-electron chi connectivity index (χ2n) is 5.22. The predicted molar refractivity (Wildman–Crippen MR) is 83.6 cm³/mol. The van der Waals surface area contributed by atoms with Crippen molar-refractivity contribution in [2.75, 3.05) is 0 Å². The molecular formula is C18H18N2. The fraction of sp³-hybridized carbons (Fsp3) is 0.167. The zero-order chi connectivity index (χ0) is 13.9. The minimum Gasteiger partial charge on any atom is -0.324 e. The molecule has 0 saturated heterocycles. The van der Waals surface area contributed by atoms with Crippen molar-refractivity contribution in [1.29, 1.82) is 0 Å². The molecule has 1 heterocycles. The largest absolute Gasteiger partial charge is 0.324 e. The summed E-state index contributed by atoms with van der Waals surface area (Å²) in [6.07, 6.45) is 2.66. The third-order valence-corrected chi connectivity index (χ3v) is 3.60. The minimum atomic E-state index is -0.0320. The van der Waals surface area contributed by atoms with E-state index < -0.39 is 0 Å². The lowest BCUT2D eigenvalue weighted by Gasteiger charge is -2.14. The van der Waals surface area contributed by atoms with E-state index in [-0.39, 0.29) is 6.04 Å². The molecule has 0 radical (unpaired) electrons. The number of aryl methyl sites for hydroxylation is 1. The van der Waals surface area contributed by atoms with E-state index in [9.17, 15) is 0 Å². The van der Waals surface area contributed by atoms with Crippen LogP contribution in [0.2, 0.25) is 0 Å². The van der Waals surface area contributed by atoms with Gasteiger partial charge in [-0.2, -0.15) is 0 Å². The third kappa shape index (κ3) is 2.56. The normalized spacial score (nSPS) is 12.5. The maximum atomic E-state index is 6.40. The summed E-state index contributed by atoms with van der Waals surface area (Å²) in [6.45, 7) is 2.11. The predicted octanol–water partition coefficient (Wildman–Crippen LogP) is 3.79. The maximum Gasteiger partial charge on any atom is 0.0749 e. The van der Waals surface area contributed by atoms with Gasteiger partial charge in [-0.1, -0.05) is 54.1 Å². The number of rotatable bonds is 3. The summed E-state index contributed by atoms with van der Waals surface area (Å²) in [4.78, 5) is 4.48. The summed E-state index contributed by atoms with van der Waals surface area (Å²) < 4.78 is 0. The van der Waals surface area contributed by atoms with E-state index >= 15 is 0 Å². The van der Waals surface area contributed by atoms with Crippen molar-refractivity contribution >= 4 is 10.9 Å². The number of hydrogen-bond donors (Lipinski definition) is 1. The highest BCUT2D eigenvalue weighted by Gasteiger charge is 2.11. The van der Waals surface area contributed by atoms with Crippen LogP contribution < -0.4 is 5.73 Å². The first-order valence-electron chi connectivity index (χ1n) is 6.89. The number of nitrogens with two attached hydrogens (primary N) is 1. The third-order valence-electron chi connectivity index (χ3n) is 3.60.